The van der Waals surface area contributed by atoms with Crippen LogP contribution in [0.25, 0.3) is 0 Å². The maximum absolute atomic E-state index is 12.4. The van der Waals surface area contributed by atoms with E-state index in [-0.39, 0.29) is 11.6 Å². The van der Waals surface area contributed by atoms with E-state index in [1.807, 2.05) is 14.1 Å². The fourth-order valence-electron chi connectivity index (χ4n) is 2.65. The summed E-state index contributed by atoms with van der Waals surface area (Å²) in [7, 11) is 4.01. The molecule has 0 saturated carbocycles. The number of carbonyl (C=O) groups is 2. The number of carbonyl (C=O) groups excluding carboxylic acids is 1. The van der Waals surface area contributed by atoms with E-state index in [2.05, 4.69) is 16.8 Å². The van der Waals surface area contributed by atoms with Crippen molar-refractivity contribution in [3.8, 4) is 0 Å². The van der Waals surface area contributed by atoms with Crippen LogP contribution in [-0.4, -0.2) is 65.0 Å². The second-order valence-electron chi connectivity index (χ2n) is 5.45. The molecule has 108 valence electrons. The van der Waals surface area contributed by atoms with Crippen molar-refractivity contribution < 1.29 is 14.7 Å². The number of likely N-dealkylation sites (tertiary alicyclic amines) is 1. The molecule has 0 aromatic carbocycles. The van der Waals surface area contributed by atoms with Crippen molar-refractivity contribution in [2.24, 2.45) is 5.92 Å². The normalized spacial score (nSPS) is 22.3. The average molecular weight is 277 g/mol. The Morgan fingerprint density at radius 2 is 2.10 bits per heavy atom. The largest absolute Gasteiger partial charge is 0.477 e. The number of hydrogen-bond donors (Lipinski definition) is 1. The molecule has 0 spiro atoms. The second kappa shape index (κ2) is 5.58. The van der Waals surface area contributed by atoms with Gasteiger partial charge in [-0.2, -0.15) is 0 Å². The number of likely N-dealkylation sites (N-methyl/N-ethyl adjacent to an activating group) is 1. The molecule has 0 radical (unpaired) electrons. The van der Waals surface area contributed by atoms with Gasteiger partial charge in [0, 0.05) is 30.9 Å². The van der Waals surface area contributed by atoms with Crippen LogP contribution in [0.15, 0.2) is 18.3 Å². The van der Waals surface area contributed by atoms with Crippen LogP contribution < -0.4 is 0 Å². The second-order valence-corrected chi connectivity index (χ2v) is 5.45. The molecule has 1 saturated heterocycles. The standard InChI is InChI=1S/C14H19N3O3/c1-9-7-17(8-12(9)16(2)3)13(18)10-4-5-15-11(6-10)14(19)20/h4-6,9,12H,7-8H2,1-3H3,(H,19,20). The third-order valence-corrected chi connectivity index (χ3v) is 3.75. The number of amides is 1. The molecule has 1 aliphatic rings. The number of carboxylic acid groups (broad SMARTS) is 1. The topological polar surface area (TPSA) is 73.7 Å². The minimum absolute atomic E-state index is 0.104. The van der Waals surface area contributed by atoms with E-state index in [1.54, 1.807) is 11.0 Å². The lowest BCUT2D eigenvalue weighted by Gasteiger charge is -2.22. The van der Waals surface area contributed by atoms with Crippen molar-refractivity contribution in [3.63, 3.8) is 0 Å². The van der Waals surface area contributed by atoms with E-state index < -0.39 is 5.97 Å². The van der Waals surface area contributed by atoms with Crippen LogP contribution in [0, 0.1) is 5.92 Å². The summed E-state index contributed by atoms with van der Waals surface area (Å²) in [6.45, 7) is 3.47. The highest BCUT2D eigenvalue weighted by atomic mass is 16.4. The first-order chi connectivity index (χ1) is 9.40. The molecule has 0 bridgehead atoms. The summed E-state index contributed by atoms with van der Waals surface area (Å²) in [5.74, 6) is -0.860. The zero-order valence-corrected chi connectivity index (χ0v) is 11.9. The zero-order chi connectivity index (χ0) is 14.9. The Kier molecular flexibility index (Phi) is 4.04. The third-order valence-electron chi connectivity index (χ3n) is 3.75. The molecule has 1 amide bonds. The monoisotopic (exact) mass is 277 g/mol. The summed E-state index contributed by atoms with van der Waals surface area (Å²) >= 11 is 0. The maximum Gasteiger partial charge on any atom is 0.354 e. The van der Waals surface area contributed by atoms with E-state index in [4.69, 9.17) is 5.11 Å². The molecule has 1 N–H and O–H groups in total. The highest BCUT2D eigenvalue weighted by Crippen LogP contribution is 2.21. The fraction of sp³-hybridized carbons (Fsp3) is 0.500. The van der Waals surface area contributed by atoms with Gasteiger partial charge in [0.15, 0.2) is 0 Å². The fourth-order valence-corrected chi connectivity index (χ4v) is 2.65. The predicted octanol–water partition coefficient (Wildman–Crippen LogP) is 0.802. The van der Waals surface area contributed by atoms with Crippen LogP contribution in [-0.2, 0) is 0 Å². The third kappa shape index (κ3) is 2.80. The highest BCUT2D eigenvalue weighted by Gasteiger charge is 2.34. The van der Waals surface area contributed by atoms with Gasteiger partial charge in [-0.3, -0.25) is 4.79 Å². The lowest BCUT2D eigenvalue weighted by molar-refractivity contribution is 0.0690. The van der Waals surface area contributed by atoms with E-state index in [1.165, 1.54) is 12.3 Å². The smallest absolute Gasteiger partial charge is 0.354 e. The Morgan fingerprint density at radius 1 is 1.40 bits per heavy atom. The van der Waals surface area contributed by atoms with Crippen molar-refractivity contribution in [2.75, 3.05) is 27.2 Å². The molecule has 1 aliphatic heterocycles. The van der Waals surface area contributed by atoms with Crippen molar-refractivity contribution in [1.29, 1.82) is 0 Å². The van der Waals surface area contributed by atoms with Crippen LogP contribution in [0.3, 0.4) is 0 Å². The van der Waals surface area contributed by atoms with Crippen LogP contribution in [0.2, 0.25) is 0 Å². The first-order valence-corrected chi connectivity index (χ1v) is 6.55. The quantitative estimate of drug-likeness (QED) is 0.884. The summed E-state index contributed by atoms with van der Waals surface area (Å²) in [6.07, 6.45) is 1.36. The van der Waals surface area contributed by atoms with Crippen LogP contribution >= 0.6 is 0 Å². The minimum atomic E-state index is -1.12. The number of aromatic carboxylic acids is 1. The summed E-state index contributed by atoms with van der Waals surface area (Å²) in [5, 5.41) is 8.92. The number of nitrogens with zero attached hydrogens (tertiary/aromatic N) is 3. The van der Waals surface area contributed by atoms with Crippen molar-refractivity contribution in [1.82, 2.24) is 14.8 Å². The lowest BCUT2D eigenvalue weighted by atomic mass is 10.1. The zero-order valence-electron chi connectivity index (χ0n) is 11.9. The van der Waals surface area contributed by atoms with Crippen molar-refractivity contribution >= 4 is 11.9 Å². The SMILES string of the molecule is CC1CN(C(=O)c2ccnc(C(=O)O)c2)CC1N(C)C. The molecule has 2 atom stereocenters. The lowest BCUT2D eigenvalue weighted by Crippen LogP contribution is -2.35. The Balaban J connectivity index is 2.16. The maximum atomic E-state index is 12.4. The molecule has 2 heterocycles. The predicted molar refractivity (Wildman–Crippen MR) is 73.7 cm³/mol. The van der Waals surface area contributed by atoms with E-state index >= 15 is 0 Å². The molecular formula is C14H19N3O3. The van der Waals surface area contributed by atoms with Gasteiger partial charge in [-0.05, 0) is 32.1 Å². The average Bonchev–Trinajstić information content (AvgIpc) is 2.80. The van der Waals surface area contributed by atoms with E-state index in [9.17, 15) is 9.59 Å². The van der Waals surface area contributed by atoms with Gasteiger partial charge < -0.3 is 14.9 Å². The van der Waals surface area contributed by atoms with Gasteiger partial charge in [-0.25, -0.2) is 9.78 Å². The van der Waals surface area contributed by atoms with Gasteiger partial charge in [-0.1, -0.05) is 6.92 Å². The number of aromatic nitrogens is 1. The molecule has 1 aromatic heterocycles. The first-order valence-electron chi connectivity index (χ1n) is 6.55. The number of rotatable bonds is 3. The Labute approximate surface area is 118 Å². The summed E-state index contributed by atoms with van der Waals surface area (Å²) < 4.78 is 0. The first kappa shape index (κ1) is 14.5. The van der Waals surface area contributed by atoms with Crippen molar-refractivity contribution in [3.05, 3.63) is 29.6 Å². The van der Waals surface area contributed by atoms with Gasteiger partial charge in [0.25, 0.3) is 5.91 Å². The number of hydrogen-bond acceptors (Lipinski definition) is 4. The van der Waals surface area contributed by atoms with E-state index in [0.717, 1.165) is 0 Å². The molecule has 20 heavy (non-hydrogen) atoms. The van der Waals surface area contributed by atoms with Crippen LogP contribution in [0.5, 0.6) is 0 Å². The molecule has 2 unspecified atom stereocenters. The molecule has 0 aliphatic carbocycles. The van der Waals surface area contributed by atoms with Crippen molar-refractivity contribution in [2.45, 2.75) is 13.0 Å². The van der Waals surface area contributed by atoms with Gasteiger partial charge in [0.2, 0.25) is 0 Å². The molecule has 1 fully saturated rings. The Bertz CT molecular complexity index is 530. The van der Waals surface area contributed by atoms with Gasteiger partial charge in [0.05, 0.1) is 0 Å². The van der Waals surface area contributed by atoms with E-state index in [0.29, 0.717) is 30.6 Å². The molecule has 2 rings (SSSR count). The molecule has 1 aromatic rings. The number of carboxylic acids is 1. The summed E-state index contributed by atoms with van der Waals surface area (Å²) in [5.41, 5.74) is 0.274. The Hall–Kier alpha value is -1.95. The summed E-state index contributed by atoms with van der Waals surface area (Å²) in [4.78, 5) is 30.9. The van der Waals surface area contributed by atoms with Gasteiger partial charge in [-0.15, -0.1) is 0 Å². The highest BCUT2D eigenvalue weighted by molar-refractivity contribution is 5.96. The van der Waals surface area contributed by atoms with Crippen LogP contribution in [0.4, 0.5) is 0 Å². The molecule has 6 heteroatoms. The minimum Gasteiger partial charge on any atom is -0.477 e. The molecule has 6 nitrogen and oxygen atoms in total. The van der Waals surface area contributed by atoms with Gasteiger partial charge in [0.1, 0.15) is 5.69 Å². The van der Waals surface area contributed by atoms with Gasteiger partial charge >= 0.3 is 5.97 Å². The number of pyridine rings is 1. The molecular weight excluding hydrogens is 258 g/mol. The van der Waals surface area contributed by atoms with Crippen LogP contribution in [0.1, 0.15) is 27.8 Å². The summed E-state index contributed by atoms with van der Waals surface area (Å²) in [6, 6.07) is 3.22. The Morgan fingerprint density at radius 3 is 2.65 bits per heavy atom.